The fraction of sp³-hybridized carbons (Fsp3) is 0.611. The number of benzene rings is 2. The summed E-state index contributed by atoms with van der Waals surface area (Å²) in [7, 11) is 0. The van der Waals surface area contributed by atoms with Crippen LogP contribution in [-0.2, 0) is 12.8 Å². The third-order valence-corrected chi connectivity index (χ3v) is 9.52. The van der Waals surface area contributed by atoms with Gasteiger partial charge in [-0.15, -0.1) is 11.3 Å². The zero-order valence-electron chi connectivity index (χ0n) is 24.4. The molecule has 4 rings (SSSR count). The number of furan rings is 1. The van der Waals surface area contributed by atoms with Gasteiger partial charge in [-0.1, -0.05) is 129 Å². The van der Waals surface area contributed by atoms with Crippen LogP contribution in [0.4, 0.5) is 0 Å². The van der Waals surface area contributed by atoms with Crippen molar-refractivity contribution in [3.05, 3.63) is 47.5 Å². The fourth-order valence-corrected chi connectivity index (χ4v) is 7.16. The van der Waals surface area contributed by atoms with Gasteiger partial charge in [0.15, 0.2) is 5.58 Å². The molecule has 0 bridgehead atoms. The minimum Gasteiger partial charge on any atom is -0.454 e. The molecule has 0 saturated heterocycles. The first kappa shape index (κ1) is 29.2. The number of thiophene rings is 1. The third kappa shape index (κ3) is 8.60. The molecule has 0 fully saturated rings. The molecule has 0 atom stereocenters. The first-order chi connectivity index (χ1) is 18.8. The lowest BCUT2D eigenvalue weighted by Gasteiger charge is -2.04. The smallest absolute Gasteiger partial charge is 0.154 e. The van der Waals surface area contributed by atoms with E-state index in [0.717, 1.165) is 11.2 Å². The van der Waals surface area contributed by atoms with E-state index < -0.39 is 0 Å². The van der Waals surface area contributed by atoms with E-state index in [2.05, 4.69) is 50.2 Å². The monoisotopic (exact) mass is 532 g/mol. The van der Waals surface area contributed by atoms with Crippen LogP contribution in [0.3, 0.4) is 0 Å². The first-order valence-corrected chi connectivity index (χ1v) is 17.0. The SMILES string of the molecule is CCCCCCCCCCCc1ccc2c(c1)oc1c3ccc(CCCCCCCCCCC)cc3sc21. The highest BCUT2D eigenvalue weighted by molar-refractivity contribution is 7.26. The lowest BCUT2D eigenvalue weighted by atomic mass is 10.0. The van der Waals surface area contributed by atoms with Gasteiger partial charge in [-0.25, -0.2) is 0 Å². The van der Waals surface area contributed by atoms with Crippen molar-refractivity contribution in [1.29, 1.82) is 0 Å². The van der Waals surface area contributed by atoms with Crippen molar-refractivity contribution in [3.63, 3.8) is 0 Å². The zero-order valence-corrected chi connectivity index (χ0v) is 25.2. The van der Waals surface area contributed by atoms with Crippen LogP contribution in [0.15, 0.2) is 40.8 Å². The van der Waals surface area contributed by atoms with Crippen LogP contribution in [-0.4, -0.2) is 0 Å². The summed E-state index contributed by atoms with van der Waals surface area (Å²) in [6.07, 6.45) is 27.4. The summed E-state index contributed by atoms with van der Waals surface area (Å²) in [4.78, 5) is 0. The van der Waals surface area contributed by atoms with Crippen LogP contribution >= 0.6 is 11.3 Å². The molecule has 2 aromatic carbocycles. The number of hydrogen-bond donors (Lipinski definition) is 0. The van der Waals surface area contributed by atoms with Crippen molar-refractivity contribution in [2.75, 3.05) is 0 Å². The average Bonchev–Trinajstić information content (AvgIpc) is 3.46. The lowest BCUT2D eigenvalue weighted by molar-refractivity contribution is 0.565. The van der Waals surface area contributed by atoms with Gasteiger partial charge in [0.05, 0.1) is 4.70 Å². The molecule has 0 unspecified atom stereocenters. The van der Waals surface area contributed by atoms with Crippen molar-refractivity contribution in [2.45, 2.75) is 142 Å². The molecule has 0 aliphatic rings. The highest BCUT2D eigenvalue weighted by atomic mass is 32.1. The van der Waals surface area contributed by atoms with Gasteiger partial charge in [0.2, 0.25) is 0 Å². The van der Waals surface area contributed by atoms with Gasteiger partial charge in [0, 0.05) is 15.5 Å². The minimum atomic E-state index is 1.07. The molecule has 0 N–H and O–H groups in total. The van der Waals surface area contributed by atoms with Gasteiger partial charge in [-0.3, -0.25) is 0 Å². The first-order valence-electron chi connectivity index (χ1n) is 16.2. The second kappa shape index (κ2) is 16.3. The molecule has 208 valence electrons. The Hall–Kier alpha value is -1.80. The molecule has 0 radical (unpaired) electrons. The maximum atomic E-state index is 6.45. The standard InChI is InChI=1S/C36H52OS/c1-3-5-7-9-11-13-15-17-19-21-29-23-25-31-33(27-29)37-35-32-26-24-30(28-34(32)38-36(31)35)22-20-18-16-14-12-10-8-6-4-2/h23-28H,3-22H2,1-2H3. The van der Waals surface area contributed by atoms with E-state index >= 15 is 0 Å². The highest BCUT2D eigenvalue weighted by Gasteiger charge is 2.14. The summed E-state index contributed by atoms with van der Waals surface area (Å²) in [5, 5.41) is 2.58. The average molecular weight is 533 g/mol. The Morgan fingerprint density at radius 1 is 0.526 bits per heavy atom. The van der Waals surface area contributed by atoms with Gasteiger partial charge in [-0.05, 0) is 61.1 Å². The number of hydrogen-bond acceptors (Lipinski definition) is 2. The summed E-state index contributed by atoms with van der Waals surface area (Å²) in [6, 6.07) is 14.0. The second-order valence-electron chi connectivity index (χ2n) is 11.7. The van der Waals surface area contributed by atoms with Crippen LogP contribution in [0.2, 0.25) is 0 Å². The Morgan fingerprint density at radius 2 is 1.00 bits per heavy atom. The predicted molar refractivity (Wildman–Crippen MR) is 171 cm³/mol. The van der Waals surface area contributed by atoms with Gasteiger partial charge in [0.25, 0.3) is 0 Å². The van der Waals surface area contributed by atoms with Crippen LogP contribution in [0.5, 0.6) is 0 Å². The molecule has 0 saturated carbocycles. The van der Waals surface area contributed by atoms with Crippen molar-refractivity contribution in [1.82, 2.24) is 0 Å². The summed E-state index contributed by atoms with van der Waals surface area (Å²) >= 11 is 1.91. The number of aryl methyl sites for hydroxylation is 2. The van der Waals surface area contributed by atoms with Crippen molar-refractivity contribution >= 4 is 42.7 Å². The molecule has 0 aliphatic carbocycles. The summed E-state index contributed by atoms with van der Waals surface area (Å²) in [5.41, 5.74) is 5.07. The molecule has 1 nitrogen and oxygen atoms in total. The summed E-state index contributed by atoms with van der Waals surface area (Å²) in [6.45, 7) is 4.59. The van der Waals surface area contributed by atoms with Gasteiger partial charge in [0.1, 0.15) is 5.58 Å². The predicted octanol–water partition coefficient (Wildman–Crippen LogP) is 12.9. The van der Waals surface area contributed by atoms with Crippen LogP contribution in [0.1, 0.15) is 141 Å². The van der Waals surface area contributed by atoms with Crippen LogP contribution in [0.25, 0.3) is 31.3 Å². The normalized spacial score (nSPS) is 11.9. The summed E-state index contributed by atoms with van der Waals surface area (Å²) < 4.78 is 9.15. The van der Waals surface area contributed by atoms with Gasteiger partial charge >= 0.3 is 0 Å². The van der Waals surface area contributed by atoms with E-state index in [4.69, 9.17) is 4.42 Å². The van der Waals surface area contributed by atoms with Crippen molar-refractivity contribution in [3.8, 4) is 0 Å². The highest BCUT2D eigenvalue weighted by Crippen LogP contribution is 2.41. The maximum Gasteiger partial charge on any atom is 0.154 e. The second-order valence-corrected chi connectivity index (χ2v) is 12.7. The van der Waals surface area contributed by atoms with E-state index in [1.54, 1.807) is 0 Å². The molecule has 2 heterocycles. The molecular formula is C36H52OS. The van der Waals surface area contributed by atoms with Crippen molar-refractivity contribution in [2.24, 2.45) is 0 Å². The zero-order chi connectivity index (χ0) is 26.4. The van der Waals surface area contributed by atoms with E-state index in [9.17, 15) is 0 Å². The molecule has 0 amide bonds. The quantitative estimate of drug-likeness (QED) is 0.103. The number of unbranched alkanes of at least 4 members (excludes halogenated alkanes) is 16. The molecule has 0 aliphatic heterocycles. The number of rotatable bonds is 20. The van der Waals surface area contributed by atoms with E-state index in [0.29, 0.717) is 0 Å². The molecular weight excluding hydrogens is 480 g/mol. The Kier molecular flexibility index (Phi) is 12.5. The fourth-order valence-electron chi connectivity index (χ4n) is 5.94. The molecule has 2 aromatic heterocycles. The summed E-state index contributed by atoms with van der Waals surface area (Å²) in [5.74, 6) is 0. The Balaban J connectivity index is 1.24. The third-order valence-electron chi connectivity index (χ3n) is 8.35. The molecule has 2 heteroatoms. The Bertz CT molecular complexity index is 1120. The van der Waals surface area contributed by atoms with E-state index in [-0.39, 0.29) is 0 Å². The molecule has 0 spiro atoms. The van der Waals surface area contributed by atoms with Gasteiger partial charge in [-0.2, -0.15) is 0 Å². The van der Waals surface area contributed by atoms with Gasteiger partial charge < -0.3 is 4.42 Å². The van der Waals surface area contributed by atoms with E-state index in [1.165, 1.54) is 160 Å². The largest absolute Gasteiger partial charge is 0.454 e. The van der Waals surface area contributed by atoms with Crippen molar-refractivity contribution < 1.29 is 4.42 Å². The van der Waals surface area contributed by atoms with E-state index in [1.807, 2.05) is 11.3 Å². The Morgan fingerprint density at radius 3 is 1.55 bits per heavy atom. The number of fused-ring (bicyclic) bond motifs is 5. The topological polar surface area (TPSA) is 13.1 Å². The van der Waals surface area contributed by atoms with Crippen LogP contribution in [0, 0.1) is 0 Å². The lowest BCUT2D eigenvalue weighted by Crippen LogP contribution is -1.86. The minimum absolute atomic E-state index is 1.07. The Labute approximate surface area is 236 Å². The maximum absolute atomic E-state index is 6.45. The molecule has 38 heavy (non-hydrogen) atoms. The molecule has 4 aromatic rings. The van der Waals surface area contributed by atoms with Crippen LogP contribution < -0.4 is 0 Å².